The summed E-state index contributed by atoms with van der Waals surface area (Å²) in [6.07, 6.45) is 0.497. The van der Waals surface area contributed by atoms with Crippen LogP contribution in [0.5, 0.6) is 0 Å². The van der Waals surface area contributed by atoms with Crippen LogP contribution in [0.1, 0.15) is 12.8 Å². The highest BCUT2D eigenvalue weighted by Crippen LogP contribution is 2.12. The maximum Gasteiger partial charge on any atom is 0.323 e. The zero-order chi connectivity index (χ0) is 21.8. The van der Waals surface area contributed by atoms with Crippen LogP contribution in [-0.4, -0.2) is 110 Å². The standard InChI is InChI=1S/C18H33N5O6/c1-14(29-19)12-21-6-7-22(13-17(25)26)9-11-23(10-8-21)15(18(27)28-3)4-5-16(24)20-2/h15H,1,4-13,19H2,2-3H3,(H,20,24)(H,25,26). The fraction of sp³-hybridized carbons (Fsp3) is 0.722. The Morgan fingerprint density at radius 3 is 2.14 bits per heavy atom. The van der Waals surface area contributed by atoms with E-state index in [9.17, 15) is 19.5 Å². The van der Waals surface area contributed by atoms with Gasteiger partial charge >= 0.3 is 11.9 Å². The summed E-state index contributed by atoms with van der Waals surface area (Å²) in [5.41, 5.74) is 0. The molecule has 1 unspecified atom stereocenters. The molecule has 1 heterocycles. The van der Waals surface area contributed by atoms with Gasteiger partial charge in [0.25, 0.3) is 0 Å². The molecule has 29 heavy (non-hydrogen) atoms. The van der Waals surface area contributed by atoms with Gasteiger partial charge in [-0.15, -0.1) is 0 Å². The lowest BCUT2D eigenvalue weighted by Gasteiger charge is -2.31. The third kappa shape index (κ3) is 9.22. The van der Waals surface area contributed by atoms with Crippen LogP contribution in [0.15, 0.2) is 12.3 Å². The fourth-order valence-corrected chi connectivity index (χ4v) is 3.24. The number of nitrogens with zero attached hydrogens (tertiary/aromatic N) is 3. The van der Waals surface area contributed by atoms with Gasteiger partial charge in [0.15, 0.2) is 0 Å². The molecular formula is C18H33N5O6. The number of nitrogens with two attached hydrogens (primary N) is 1. The topological polar surface area (TPSA) is 138 Å². The van der Waals surface area contributed by atoms with E-state index in [0.717, 1.165) is 0 Å². The van der Waals surface area contributed by atoms with Crippen molar-refractivity contribution in [3.8, 4) is 0 Å². The molecule has 0 aromatic carbocycles. The number of aliphatic carboxylic acids is 1. The summed E-state index contributed by atoms with van der Waals surface area (Å²) in [6, 6.07) is -0.599. The summed E-state index contributed by atoms with van der Waals surface area (Å²) in [6.45, 7) is 7.25. The summed E-state index contributed by atoms with van der Waals surface area (Å²) in [5.74, 6) is 4.08. The highest BCUT2D eigenvalue weighted by atomic mass is 16.6. The third-order valence-electron chi connectivity index (χ3n) is 4.90. The zero-order valence-electron chi connectivity index (χ0n) is 17.3. The molecule has 1 aliphatic rings. The molecule has 0 bridgehead atoms. The van der Waals surface area contributed by atoms with Gasteiger partial charge in [-0.1, -0.05) is 6.58 Å². The molecule has 0 spiro atoms. The molecule has 1 rings (SSSR count). The average Bonchev–Trinajstić information content (AvgIpc) is 2.79. The van der Waals surface area contributed by atoms with E-state index in [-0.39, 0.29) is 18.9 Å². The molecule has 1 saturated heterocycles. The van der Waals surface area contributed by atoms with Gasteiger partial charge in [-0.05, 0) is 6.42 Å². The van der Waals surface area contributed by atoms with Gasteiger partial charge in [-0.25, -0.2) is 0 Å². The summed E-state index contributed by atoms with van der Waals surface area (Å²) >= 11 is 0. The summed E-state index contributed by atoms with van der Waals surface area (Å²) in [5, 5.41) is 11.7. The first-order valence-corrected chi connectivity index (χ1v) is 9.54. The van der Waals surface area contributed by atoms with Crippen LogP contribution in [0.4, 0.5) is 0 Å². The molecule has 0 aromatic heterocycles. The van der Waals surface area contributed by atoms with Crippen LogP contribution in [0.2, 0.25) is 0 Å². The molecule has 0 saturated carbocycles. The van der Waals surface area contributed by atoms with Crippen LogP contribution in [0.25, 0.3) is 0 Å². The van der Waals surface area contributed by atoms with Crippen molar-refractivity contribution in [2.45, 2.75) is 18.9 Å². The zero-order valence-corrected chi connectivity index (χ0v) is 17.3. The number of nitrogens with one attached hydrogen (secondary N) is 1. The number of hydrogen-bond acceptors (Lipinski definition) is 9. The molecule has 0 radical (unpaired) electrons. The fourth-order valence-electron chi connectivity index (χ4n) is 3.24. The van der Waals surface area contributed by atoms with Crippen molar-refractivity contribution in [3.63, 3.8) is 0 Å². The molecule has 1 atom stereocenters. The SMILES string of the molecule is C=C(CN1CCN(CC(=O)O)CCN(C(CCC(=O)NC)C(=O)OC)CC1)ON. The Morgan fingerprint density at radius 1 is 1.10 bits per heavy atom. The number of carboxylic acids is 1. The number of methoxy groups -OCH3 is 1. The van der Waals surface area contributed by atoms with Crippen molar-refractivity contribution in [2.75, 3.05) is 66.5 Å². The highest BCUT2D eigenvalue weighted by Gasteiger charge is 2.29. The van der Waals surface area contributed by atoms with E-state index >= 15 is 0 Å². The molecule has 11 heteroatoms. The number of hydrogen-bond donors (Lipinski definition) is 3. The van der Waals surface area contributed by atoms with Gasteiger partial charge in [0.2, 0.25) is 5.91 Å². The van der Waals surface area contributed by atoms with E-state index < -0.39 is 18.0 Å². The van der Waals surface area contributed by atoms with Crippen molar-refractivity contribution < 1.29 is 29.1 Å². The predicted octanol–water partition coefficient (Wildman–Crippen LogP) is -1.54. The van der Waals surface area contributed by atoms with E-state index in [1.807, 2.05) is 14.7 Å². The number of esters is 1. The lowest BCUT2D eigenvalue weighted by Crippen LogP contribution is -2.47. The van der Waals surface area contributed by atoms with Crippen LogP contribution >= 0.6 is 0 Å². The second kappa shape index (κ2) is 13.1. The second-order valence-electron chi connectivity index (χ2n) is 6.89. The van der Waals surface area contributed by atoms with Crippen LogP contribution in [0.3, 0.4) is 0 Å². The van der Waals surface area contributed by atoms with Gasteiger partial charge in [-0.3, -0.25) is 29.1 Å². The van der Waals surface area contributed by atoms with E-state index in [2.05, 4.69) is 16.7 Å². The van der Waals surface area contributed by atoms with Crippen molar-refractivity contribution in [2.24, 2.45) is 5.90 Å². The molecular weight excluding hydrogens is 382 g/mol. The predicted molar refractivity (Wildman–Crippen MR) is 106 cm³/mol. The Hall–Kier alpha value is -2.21. The lowest BCUT2D eigenvalue weighted by atomic mass is 10.1. The number of ether oxygens (including phenoxy) is 1. The molecule has 11 nitrogen and oxygen atoms in total. The van der Waals surface area contributed by atoms with Crippen LogP contribution in [-0.2, 0) is 24.0 Å². The Morgan fingerprint density at radius 2 is 1.66 bits per heavy atom. The minimum atomic E-state index is -0.916. The first kappa shape index (κ1) is 24.8. The minimum Gasteiger partial charge on any atom is -0.480 e. The number of rotatable bonds is 10. The second-order valence-corrected chi connectivity index (χ2v) is 6.89. The summed E-state index contributed by atoms with van der Waals surface area (Å²) in [7, 11) is 2.86. The normalized spacial score (nSPS) is 18.0. The average molecular weight is 415 g/mol. The largest absolute Gasteiger partial charge is 0.480 e. The van der Waals surface area contributed by atoms with Crippen molar-refractivity contribution in [1.29, 1.82) is 0 Å². The number of carbonyl (C=O) groups is 3. The maximum absolute atomic E-state index is 12.4. The van der Waals surface area contributed by atoms with Gasteiger partial charge in [0, 0.05) is 52.7 Å². The Kier molecular flexibility index (Phi) is 11.2. The van der Waals surface area contributed by atoms with Gasteiger partial charge in [0.1, 0.15) is 11.8 Å². The quantitative estimate of drug-likeness (QED) is 0.219. The Labute approximate surface area is 171 Å². The van der Waals surface area contributed by atoms with Crippen molar-refractivity contribution in [3.05, 3.63) is 12.3 Å². The first-order valence-electron chi connectivity index (χ1n) is 9.54. The molecule has 1 fully saturated rings. The molecule has 1 aliphatic heterocycles. The summed E-state index contributed by atoms with van der Waals surface area (Å²) < 4.78 is 4.95. The first-order chi connectivity index (χ1) is 13.8. The maximum atomic E-state index is 12.4. The molecule has 4 N–H and O–H groups in total. The number of amides is 1. The third-order valence-corrected chi connectivity index (χ3v) is 4.90. The molecule has 0 aromatic rings. The molecule has 1 amide bonds. The minimum absolute atomic E-state index is 0.100. The van der Waals surface area contributed by atoms with Gasteiger partial charge in [0.05, 0.1) is 20.2 Å². The van der Waals surface area contributed by atoms with E-state index in [1.165, 1.54) is 7.11 Å². The van der Waals surface area contributed by atoms with Gasteiger partial charge < -0.3 is 20.0 Å². The lowest BCUT2D eigenvalue weighted by molar-refractivity contribution is -0.148. The monoisotopic (exact) mass is 415 g/mol. The van der Waals surface area contributed by atoms with Crippen LogP contribution in [0, 0.1) is 0 Å². The van der Waals surface area contributed by atoms with Crippen molar-refractivity contribution >= 4 is 17.8 Å². The number of carbonyl (C=O) groups excluding carboxylic acids is 2. The van der Waals surface area contributed by atoms with Crippen molar-refractivity contribution in [1.82, 2.24) is 20.0 Å². The highest BCUT2D eigenvalue weighted by molar-refractivity contribution is 5.79. The van der Waals surface area contributed by atoms with E-state index in [1.54, 1.807) is 7.05 Å². The van der Waals surface area contributed by atoms with E-state index in [4.69, 9.17) is 10.6 Å². The Bertz CT molecular complexity index is 573. The Balaban J connectivity index is 2.97. The van der Waals surface area contributed by atoms with E-state index in [0.29, 0.717) is 58.0 Å². The number of carboxylic acid groups (broad SMARTS) is 1. The summed E-state index contributed by atoms with van der Waals surface area (Å²) in [4.78, 5) is 45.7. The smallest absolute Gasteiger partial charge is 0.323 e. The van der Waals surface area contributed by atoms with Crippen LogP contribution < -0.4 is 11.2 Å². The molecule has 166 valence electrons. The van der Waals surface area contributed by atoms with Gasteiger partial charge in [-0.2, -0.15) is 5.90 Å². The molecule has 0 aliphatic carbocycles.